The quantitative estimate of drug-likeness (QED) is 0.459. The molecule has 3 aromatic rings. The molecule has 0 saturated carbocycles. The first-order chi connectivity index (χ1) is 14.8. The van der Waals surface area contributed by atoms with Crippen LogP contribution in [0.5, 0.6) is 5.88 Å². The van der Waals surface area contributed by atoms with Gasteiger partial charge in [-0.1, -0.05) is 44.2 Å². The fourth-order valence-electron chi connectivity index (χ4n) is 2.80. The highest BCUT2D eigenvalue weighted by molar-refractivity contribution is 7.48. The first-order valence-corrected chi connectivity index (χ1v) is 11.4. The highest BCUT2D eigenvalue weighted by Gasteiger charge is 2.31. The van der Waals surface area contributed by atoms with Gasteiger partial charge in [-0.3, -0.25) is 23.0 Å². The van der Waals surface area contributed by atoms with Gasteiger partial charge in [0.25, 0.3) is 11.4 Å². The summed E-state index contributed by atoms with van der Waals surface area (Å²) in [4.78, 5) is 33.8. The summed E-state index contributed by atoms with van der Waals surface area (Å²) in [5, 5.41) is 0. The average Bonchev–Trinajstić information content (AvgIpc) is 2.79. The van der Waals surface area contributed by atoms with Crippen molar-refractivity contribution in [3.63, 3.8) is 0 Å². The average molecular weight is 448 g/mol. The fraction of sp³-hybridized carbons (Fsp3) is 0.400. The third-order valence-electron chi connectivity index (χ3n) is 4.40. The number of hydrogen-bond acceptors (Lipinski definition) is 8. The Kier molecular flexibility index (Phi) is 7.04. The molecule has 0 radical (unpaired) electrons. The predicted octanol–water partition coefficient (Wildman–Crippen LogP) is 3.03. The molecule has 0 aliphatic heterocycles. The molecule has 2 aromatic heterocycles. The Balaban J connectivity index is 2.26. The summed E-state index contributed by atoms with van der Waals surface area (Å²) in [6.45, 7) is 4.03. The van der Waals surface area contributed by atoms with Gasteiger partial charge in [0.15, 0.2) is 11.2 Å². The molecule has 0 N–H and O–H groups in total. The lowest BCUT2D eigenvalue weighted by atomic mass is 10.1. The molecule has 0 spiro atoms. The summed E-state index contributed by atoms with van der Waals surface area (Å²) in [7, 11) is -1.19. The lowest BCUT2D eigenvalue weighted by molar-refractivity contribution is 0.154. The van der Waals surface area contributed by atoms with E-state index in [0.29, 0.717) is 18.4 Å². The van der Waals surface area contributed by atoms with Gasteiger partial charge in [-0.05, 0) is 12.8 Å². The highest BCUT2D eigenvalue weighted by Crippen LogP contribution is 2.50. The Morgan fingerprint density at radius 3 is 2.13 bits per heavy atom. The molecular weight excluding hydrogens is 423 g/mol. The number of rotatable bonds is 9. The topological polar surface area (TPSA) is 115 Å². The first-order valence-electron chi connectivity index (χ1n) is 9.93. The second-order valence-electron chi connectivity index (χ2n) is 6.83. The molecule has 0 amide bonds. The molecule has 10 nitrogen and oxygen atoms in total. The molecule has 0 aliphatic carbocycles. The zero-order chi connectivity index (χ0) is 22.6. The van der Waals surface area contributed by atoms with E-state index >= 15 is 0 Å². The lowest BCUT2D eigenvalue weighted by Crippen LogP contribution is -2.37. The Bertz CT molecular complexity index is 1230. The van der Waals surface area contributed by atoms with Gasteiger partial charge in [0, 0.05) is 19.7 Å². The molecular formula is C20H25N4O6P. The summed E-state index contributed by atoms with van der Waals surface area (Å²) in [5.41, 5.74) is -0.417. The molecule has 0 unspecified atom stereocenters. The summed E-state index contributed by atoms with van der Waals surface area (Å²) in [6, 6.07) is 8.88. The molecule has 3 rings (SSSR count). The van der Waals surface area contributed by atoms with Crippen LogP contribution in [0.2, 0.25) is 0 Å². The van der Waals surface area contributed by atoms with Crippen molar-refractivity contribution < 1.29 is 18.1 Å². The van der Waals surface area contributed by atoms with Crippen molar-refractivity contribution in [3.05, 3.63) is 51.2 Å². The van der Waals surface area contributed by atoms with Crippen LogP contribution in [-0.2, 0) is 27.7 Å². The third-order valence-corrected chi connectivity index (χ3v) is 5.79. The van der Waals surface area contributed by atoms with Crippen LogP contribution in [0.3, 0.4) is 0 Å². The SMILES string of the molecule is CCCOP(=O)(OCCC)Oc1nc2c(nc1-c1ccccc1)c(=O)n(C)c(=O)n2C. The molecule has 2 heterocycles. The Morgan fingerprint density at radius 2 is 1.55 bits per heavy atom. The number of aromatic nitrogens is 4. The third kappa shape index (κ3) is 4.76. The van der Waals surface area contributed by atoms with E-state index in [0.717, 1.165) is 4.57 Å². The minimum atomic E-state index is -4.02. The van der Waals surface area contributed by atoms with Gasteiger partial charge in [0.05, 0.1) is 13.2 Å². The molecule has 0 saturated heterocycles. The first kappa shape index (κ1) is 22.9. The van der Waals surface area contributed by atoms with Gasteiger partial charge in [-0.2, -0.15) is 4.98 Å². The predicted molar refractivity (Wildman–Crippen MR) is 116 cm³/mol. The van der Waals surface area contributed by atoms with Crippen LogP contribution in [0.15, 0.2) is 39.9 Å². The minimum absolute atomic E-state index is 0.000291. The second kappa shape index (κ2) is 9.55. The van der Waals surface area contributed by atoms with Crippen molar-refractivity contribution in [2.75, 3.05) is 13.2 Å². The van der Waals surface area contributed by atoms with E-state index in [2.05, 4.69) is 9.97 Å². The molecule has 11 heteroatoms. The van der Waals surface area contributed by atoms with E-state index in [1.54, 1.807) is 24.3 Å². The number of phosphoric ester groups is 1. The van der Waals surface area contributed by atoms with Crippen LogP contribution in [0.1, 0.15) is 26.7 Å². The maximum absolute atomic E-state index is 13.2. The van der Waals surface area contributed by atoms with Crippen LogP contribution in [0.4, 0.5) is 0 Å². The normalized spacial score (nSPS) is 11.7. The largest absolute Gasteiger partial charge is 0.531 e. The monoisotopic (exact) mass is 448 g/mol. The molecule has 0 atom stereocenters. The van der Waals surface area contributed by atoms with Crippen molar-refractivity contribution in [2.24, 2.45) is 14.1 Å². The number of aryl methyl sites for hydroxylation is 1. The number of nitrogens with zero attached hydrogens (tertiary/aromatic N) is 4. The minimum Gasteiger partial charge on any atom is -0.383 e. The van der Waals surface area contributed by atoms with E-state index in [-0.39, 0.29) is 36.0 Å². The summed E-state index contributed by atoms with van der Waals surface area (Å²) < 4.78 is 31.8. The zero-order valence-corrected chi connectivity index (χ0v) is 18.8. The Hall–Kier alpha value is -2.81. The van der Waals surface area contributed by atoms with Crippen molar-refractivity contribution in [3.8, 4) is 17.1 Å². The number of benzene rings is 1. The summed E-state index contributed by atoms with van der Waals surface area (Å²) in [5.74, 6) is -0.155. The molecule has 0 fully saturated rings. The fourth-order valence-corrected chi connectivity index (χ4v) is 4.13. The second-order valence-corrected chi connectivity index (χ2v) is 8.42. The highest BCUT2D eigenvalue weighted by atomic mass is 31.2. The van der Waals surface area contributed by atoms with Gasteiger partial charge >= 0.3 is 13.5 Å². The summed E-state index contributed by atoms with van der Waals surface area (Å²) in [6.07, 6.45) is 1.20. The van der Waals surface area contributed by atoms with Gasteiger partial charge in [0.2, 0.25) is 0 Å². The lowest BCUT2D eigenvalue weighted by Gasteiger charge is -2.19. The molecule has 0 aliphatic rings. The maximum Gasteiger partial charge on any atom is 0.531 e. The van der Waals surface area contributed by atoms with E-state index in [9.17, 15) is 14.2 Å². The van der Waals surface area contributed by atoms with Crippen molar-refractivity contribution in [1.29, 1.82) is 0 Å². The van der Waals surface area contributed by atoms with Crippen molar-refractivity contribution in [1.82, 2.24) is 19.1 Å². The van der Waals surface area contributed by atoms with Gasteiger partial charge < -0.3 is 4.52 Å². The van der Waals surface area contributed by atoms with Crippen LogP contribution >= 0.6 is 7.82 Å². The number of hydrogen-bond donors (Lipinski definition) is 0. The Morgan fingerprint density at radius 1 is 0.935 bits per heavy atom. The van der Waals surface area contributed by atoms with Crippen LogP contribution < -0.4 is 15.8 Å². The zero-order valence-electron chi connectivity index (χ0n) is 17.9. The Labute approximate surface area is 179 Å². The number of fused-ring (bicyclic) bond motifs is 1. The van der Waals surface area contributed by atoms with E-state index < -0.39 is 19.1 Å². The van der Waals surface area contributed by atoms with E-state index in [1.165, 1.54) is 18.7 Å². The van der Waals surface area contributed by atoms with Crippen LogP contribution in [0.25, 0.3) is 22.4 Å². The van der Waals surface area contributed by atoms with Crippen molar-refractivity contribution in [2.45, 2.75) is 26.7 Å². The standard InChI is InChI=1S/C20H25N4O6P/c1-5-12-28-31(27,29-13-6-2)30-18-15(14-10-8-7-9-11-14)21-16-17(22-18)23(3)20(26)24(4)19(16)25/h7-11H,5-6,12-13H2,1-4H3. The van der Waals surface area contributed by atoms with Gasteiger partial charge in [0.1, 0.15) is 5.69 Å². The maximum atomic E-state index is 13.2. The van der Waals surface area contributed by atoms with Crippen molar-refractivity contribution >= 4 is 19.0 Å². The van der Waals surface area contributed by atoms with Gasteiger partial charge in [-0.15, -0.1) is 0 Å². The molecule has 0 bridgehead atoms. The van der Waals surface area contributed by atoms with Crippen LogP contribution in [-0.4, -0.2) is 32.3 Å². The van der Waals surface area contributed by atoms with Crippen LogP contribution in [0, 0.1) is 0 Å². The summed E-state index contributed by atoms with van der Waals surface area (Å²) >= 11 is 0. The molecule has 31 heavy (non-hydrogen) atoms. The molecule has 166 valence electrons. The smallest absolute Gasteiger partial charge is 0.383 e. The molecule has 1 aromatic carbocycles. The van der Waals surface area contributed by atoms with E-state index in [4.69, 9.17) is 13.6 Å². The number of phosphoric acid groups is 1. The van der Waals surface area contributed by atoms with Gasteiger partial charge in [-0.25, -0.2) is 14.3 Å². The van der Waals surface area contributed by atoms with E-state index in [1.807, 2.05) is 19.9 Å².